The van der Waals surface area contributed by atoms with Crippen LogP contribution in [0.5, 0.6) is 0 Å². The van der Waals surface area contributed by atoms with Crippen molar-refractivity contribution in [3.05, 3.63) is 10.6 Å². The average molecular weight is 214 g/mol. The van der Waals surface area contributed by atoms with Gasteiger partial charge in [-0.1, -0.05) is 4.49 Å². The molecule has 0 N–H and O–H groups in total. The standard InChI is InChI=1S/C6H6N4OS2/c1-4-5(13-9-8-4)6(11)10(2)12-3-7/h1-2H3. The van der Waals surface area contributed by atoms with Gasteiger partial charge >= 0.3 is 0 Å². The summed E-state index contributed by atoms with van der Waals surface area (Å²) < 4.78 is 4.89. The van der Waals surface area contributed by atoms with E-state index in [1.54, 1.807) is 6.92 Å². The minimum Gasteiger partial charge on any atom is -0.272 e. The van der Waals surface area contributed by atoms with E-state index in [0.29, 0.717) is 10.6 Å². The highest BCUT2D eigenvalue weighted by Crippen LogP contribution is 2.15. The van der Waals surface area contributed by atoms with E-state index < -0.39 is 0 Å². The molecule has 0 atom stereocenters. The number of thiocyanates is 1. The number of hydrogen-bond acceptors (Lipinski definition) is 6. The monoisotopic (exact) mass is 214 g/mol. The van der Waals surface area contributed by atoms with Crippen LogP contribution in [0, 0.1) is 17.6 Å². The molecule has 0 radical (unpaired) electrons. The van der Waals surface area contributed by atoms with E-state index in [9.17, 15) is 4.79 Å². The molecule has 0 saturated heterocycles. The van der Waals surface area contributed by atoms with Gasteiger partial charge in [0.1, 0.15) is 4.88 Å². The summed E-state index contributed by atoms with van der Waals surface area (Å²) in [4.78, 5) is 12.0. The smallest absolute Gasteiger partial charge is 0.272 e. The summed E-state index contributed by atoms with van der Waals surface area (Å²) in [6, 6.07) is 0. The summed E-state index contributed by atoms with van der Waals surface area (Å²) >= 11 is 1.82. The third-order valence-electron chi connectivity index (χ3n) is 1.31. The second-order valence-electron chi connectivity index (χ2n) is 2.17. The Morgan fingerprint density at radius 1 is 1.77 bits per heavy atom. The second kappa shape index (κ2) is 4.20. The summed E-state index contributed by atoms with van der Waals surface area (Å²) in [6.07, 6.45) is 0. The van der Waals surface area contributed by atoms with Gasteiger partial charge in [-0.25, -0.2) is 0 Å². The van der Waals surface area contributed by atoms with Crippen LogP contribution >= 0.6 is 23.5 Å². The molecule has 0 spiro atoms. The Balaban J connectivity index is 2.81. The molecule has 0 fully saturated rings. The van der Waals surface area contributed by atoms with Crippen LogP contribution in [0.25, 0.3) is 0 Å². The third-order valence-corrected chi connectivity index (χ3v) is 2.65. The summed E-state index contributed by atoms with van der Waals surface area (Å²) in [5.74, 6) is -0.237. The highest BCUT2D eigenvalue weighted by Gasteiger charge is 2.17. The molecule has 0 unspecified atom stereocenters. The van der Waals surface area contributed by atoms with Crippen LogP contribution < -0.4 is 0 Å². The van der Waals surface area contributed by atoms with Crippen molar-refractivity contribution in [2.24, 2.45) is 0 Å². The number of hydrogen-bond donors (Lipinski definition) is 0. The van der Waals surface area contributed by atoms with Crippen LogP contribution in [-0.2, 0) is 0 Å². The lowest BCUT2D eigenvalue weighted by Crippen LogP contribution is -2.18. The molecule has 5 nitrogen and oxygen atoms in total. The van der Waals surface area contributed by atoms with Gasteiger partial charge in [-0.3, -0.25) is 9.10 Å². The Kier molecular flexibility index (Phi) is 3.22. The largest absolute Gasteiger partial charge is 0.277 e. The summed E-state index contributed by atoms with van der Waals surface area (Å²) in [5.41, 5.74) is 0.598. The average Bonchev–Trinajstić information content (AvgIpc) is 2.50. The first-order valence-electron chi connectivity index (χ1n) is 3.30. The maximum absolute atomic E-state index is 11.5. The molecule has 1 aromatic rings. The maximum atomic E-state index is 11.5. The van der Waals surface area contributed by atoms with E-state index in [0.717, 1.165) is 23.5 Å². The number of amides is 1. The minimum absolute atomic E-state index is 0.237. The molecule has 0 aliphatic rings. The molecule has 0 aromatic carbocycles. The number of aryl methyl sites for hydroxylation is 1. The van der Waals surface area contributed by atoms with Gasteiger partial charge in [-0.05, 0) is 18.5 Å². The van der Waals surface area contributed by atoms with Crippen LogP contribution in [0.1, 0.15) is 15.4 Å². The van der Waals surface area contributed by atoms with Crippen molar-refractivity contribution in [1.29, 1.82) is 5.26 Å². The molecule has 1 amide bonds. The predicted molar refractivity (Wildman–Crippen MR) is 49.9 cm³/mol. The van der Waals surface area contributed by atoms with E-state index in [2.05, 4.69) is 9.59 Å². The summed E-state index contributed by atoms with van der Waals surface area (Å²) in [6.45, 7) is 1.71. The molecule has 1 rings (SSSR count). The van der Waals surface area contributed by atoms with E-state index in [-0.39, 0.29) is 5.91 Å². The van der Waals surface area contributed by atoms with E-state index in [1.807, 2.05) is 5.40 Å². The highest BCUT2D eigenvalue weighted by atomic mass is 32.2. The molecule has 7 heteroatoms. The van der Waals surface area contributed by atoms with Gasteiger partial charge in [0, 0.05) is 7.05 Å². The Morgan fingerprint density at radius 3 is 2.92 bits per heavy atom. The second-order valence-corrected chi connectivity index (χ2v) is 3.84. The Morgan fingerprint density at radius 2 is 2.46 bits per heavy atom. The number of nitrogens with zero attached hydrogens (tertiary/aromatic N) is 4. The van der Waals surface area contributed by atoms with Crippen molar-refractivity contribution in [3.63, 3.8) is 0 Å². The summed E-state index contributed by atoms with van der Waals surface area (Å²) in [7, 11) is 1.54. The van der Waals surface area contributed by atoms with Gasteiger partial charge in [0.2, 0.25) is 0 Å². The van der Waals surface area contributed by atoms with E-state index >= 15 is 0 Å². The van der Waals surface area contributed by atoms with Crippen molar-refractivity contribution in [2.45, 2.75) is 6.92 Å². The van der Waals surface area contributed by atoms with Crippen LogP contribution in [0.4, 0.5) is 0 Å². The molecular weight excluding hydrogens is 208 g/mol. The third kappa shape index (κ3) is 2.17. The molecule has 1 aromatic heterocycles. The minimum atomic E-state index is -0.237. The Labute approximate surface area is 83.7 Å². The van der Waals surface area contributed by atoms with Crippen molar-refractivity contribution in [3.8, 4) is 5.40 Å². The summed E-state index contributed by atoms with van der Waals surface area (Å²) in [5, 5.41) is 13.9. The molecule has 0 saturated carbocycles. The molecule has 68 valence electrons. The lowest BCUT2D eigenvalue weighted by atomic mass is 10.4. The number of aromatic nitrogens is 2. The zero-order valence-corrected chi connectivity index (χ0v) is 8.65. The van der Waals surface area contributed by atoms with Crippen LogP contribution in [0.15, 0.2) is 0 Å². The van der Waals surface area contributed by atoms with Gasteiger partial charge < -0.3 is 0 Å². The fraction of sp³-hybridized carbons (Fsp3) is 0.333. The predicted octanol–water partition coefficient (Wildman–Crippen LogP) is 1.05. The zero-order valence-electron chi connectivity index (χ0n) is 7.01. The zero-order chi connectivity index (χ0) is 9.84. The number of carbonyl (C=O) groups is 1. The fourth-order valence-corrected chi connectivity index (χ4v) is 1.66. The van der Waals surface area contributed by atoms with Crippen molar-refractivity contribution in [1.82, 2.24) is 13.9 Å². The first-order chi connectivity index (χ1) is 6.16. The van der Waals surface area contributed by atoms with Gasteiger partial charge in [0.15, 0.2) is 5.40 Å². The molecule has 0 aliphatic heterocycles. The topological polar surface area (TPSA) is 69.9 Å². The fourth-order valence-electron chi connectivity index (χ4n) is 0.673. The quantitative estimate of drug-likeness (QED) is 0.543. The van der Waals surface area contributed by atoms with Gasteiger partial charge in [-0.2, -0.15) is 5.26 Å². The van der Waals surface area contributed by atoms with Crippen LogP contribution in [0.3, 0.4) is 0 Å². The molecule has 0 aliphatic carbocycles. The van der Waals surface area contributed by atoms with Crippen LogP contribution in [-0.4, -0.2) is 26.8 Å². The first-order valence-corrected chi connectivity index (χ1v) is 4.84. The molecule has 0 bridgehead atoms. The van der Waals surface area contributed by atoms with Crippen molar-refractivity contribution in [2.75, 3.05) is 7.05 Å². The lowest BCUT2D eigenvalue weighted by molar-refractivity contribution is 0.0896. The lowest BCUT2D eigenvalue weighted by Gasteiger charge is -2.08. The van der Waals surface area contributed by atoms with Crippen molar-refractivity contribution >= 4 is 29.4 Å². The number of nitriles is 1. The Bertz CT molecular complexity index is 356. The van der Waals surface area contributed by atoms with Gasteiger partial charge in [-0.15, -0.1) is 5.10 Å². The maximum Gasteiger partial charge on any atom is 0.277 e. The number of rotatable bonds is 2. The van der Waals surface area contributed by atoms with Gasteiger partial charge in [0.05, 0.1) is 17.6 Å². The molecule has 1 heterocycles. The van der Waals surface area contributed by atoms with E-state index in [4.69, 9.17) is 5.26 Å². The Hall–Kier alpha value is -1.13. The molecular formula is C6H6N4OS2. The number of carbonyl (C=O) groups excluding carboxylic acids is 1. The molecule has 13 heavy (non-hydrogen) atoms. The van der Waals surface area contributed by atoms with E-state index in [1.165, 1.54) is 11.4 Å². The first kappa shape index (κ1) is 9.95. The van der Waals surface area contributed by atoms with Crippen LogP contribution in [0.2, 0.25) is 0 Å². The highest BCUT2D eigenvalue weighted by molar-refractivity contribution is 8.02. The SMILES string of the molecule is Cc1nnsc1C(=O)N(C)SC#N. The van der Waals surface area contributed by atoms with Crippen molar-refractivity contribution < 1.29 is 4.79 Å². The normalized spacial score (nSPS) is 9.31. The van der Waals surface area contributed by atoms with Gasteiger partial charge in [0.25, 0.3) is 5.91 Å².